The average molecular weight is 276 g/mol. The van der Waals surface area contributed by atoms with E-state index in [2.05, 4.69) is 11.9 Å². The van der Waals surface area contributed by atoms with E-state index in [0.29, 0.717) is 6.42 Å². The molecule has 0 fully saturated rings. The molecular weight excluding hydrogens is 252 g/mol. The number of hydrogen-bond donors (Lipinski definition) is 2. The van der Waals surface area contributed by atoms with Crippen LogP contribution in [0, 0.1) is 0 Å². The first-order valence-electron chi connectivity index (χ1n) is 6.87. The molecule has 3 N–H and O–H groups in total. The summed E-state index contributed by atoms with van der Waals surface area (Å²) in [5.41, 5.74) is 6.74. The summed E-state index contributed by atoms with van der Waals surface area (Å²) in [7, 11) is 0. The van der Waals surface area contributed by atoms with Gasteiger partial charge in [0.2, 0.25) is 5.91 Å². The molecule has 2 atom stereocenters. The van der Waals surface area contributed by atoms with Gasteiger partial charge in [-0.1, -0.05) is 18.2 Å². The zero-order valence-electron chi connectivity index (χ0n) is 12.4. The molecule has 0 aliphatic heterocycles. The van der Waals surface area contributed by atoms with E-state index in [1.54, 1.807) is 6.08 Å². The predicted octanol–water partition coefficient (Wildman–Crippen LogP) is 2.55. The number of amides is 1. The summed E-state index contributed by atoms with van der Waals surface area (Å²) in [4.78, 5) is 11.8. The van der Waals surface area contributed by atoms with Gasteiger partial charge in [-0.15, -0.1) is 6.58 Å². The third-order valence-corrected chi connectivity index (χ3v) is 2.87. The number of carbonyl (C=O) groups excluding carboxylic acids is 1. The molecule has 0 saturated carbocycles. The van der Waals surface area contributed by atoms with Crippen molar-refractivity contribution in [1.29, 1.82) is 0 Å². The molecule has 0 aliphatic rings. The third kappa shape index (κ3) is 5.05. The zero-order chi connectivity index (χ0) is 15.1. The molecule has 0 heterocycles. The minimum absolute atomic E-state index is 0.0912. The lowest BCUT2D eigenvalue weighted by Gasteiger charge is -2.18. The highest BCUT2D eigenvalue weighted by atomic mass is 16.5. The Balaban J connectivity index is 2.61. The van der Waals surface area contributed by atoms with Gasteiger partial charge in [0.15, 0.2) is 0 Å². The van der Waals surface area contributed by atoms with Crippen molar-refractivity contribution in [2.45, 2.75) is 45.4 Å². The van der Waals surface area contributed by atoms with Gasteiger partial charge in [-0.3, -0.25) is 4.79 Å². The van der Waals surface area contributed by atoms with Crippen LogP contribution >= 0.6 is 0 Å². The minimum Gasteiger partial charge on any atom is -0.491 e. The van der Waals surface area contributed by atoms with E-state index in [9.17, 15) is 4.79 Å². The molecular formula is C16H24N2O2. The summed E-state index contributed by atoms with van der Waals surface area (Å²) in [5.74, 6) is 0.658. The Kier molecular flexibility index (Phi) is 6.25. The van der Waals surface area contributed by atoms with Gasteiger partial charge in [-0.05, 0) is 44.9 Å². The number of rotatable bonds is 7. The Bertz CT molecular complexity index is 440. The summed E-state index contributed by atoms with van der Waals surface area (Å²) < 4.78 is 5.58. The van der Waals surface area contributed by atoms with E-state index >= 15 is 0 Å². The number of hydrogen-bond acceptors (Lipinski definition) is 3. The van der Waals surface area contributed by atoms with Crippen LogP contribution in [0.3, 0.4) is 0 Å². The summed E-state index contributed by atoms with van der Waals surface area (Å²) >= 11 is 0. The second-order valence-corrected chi connectivity index (χ2v) is 5.10. The summed E-state index contributed by atoms with van der Waals surface area (Å²) in [6, 6.07) is 7.07. The van der Waals surface area contributed by atoms with Crippen molar-refractivity contribution in [3.63, 3.8) is 0 Å². The number of ether oxygens (including phenoxy) is 1. The molecule has 0 spiro atoms. The first-order chi connectivity index (χ1) is 9.43. The molecule has 4 nitrogen and oxygen atoms in total. The second-order valence-electron chi connectivity index (χ2n) is 5.10. The lowest BCUT2D eigenvalue weighted by atomic mass is 10.1. The highest BCUT2D eigenvalue weighted by Crippen LogP contribution is 2.18. The molecule has 1 amide bonds. The molecule has 20 heavy (non-hydrogen) atoms. The standard InChI is InChI=1S/C16H24N2O2/c1-5-6-15(17)16(19)18-12(4)13-7-9-14(10-8-13)20-11(2)3/h5,7-12,15H,1,6,17H2,2-4H3,(H,18,19). The van der Waals surface area contributed by atoms with Gasteiger partial charge in [0, 0.05) is 0 Å². The lowest BCUT2D eigenvalue weighted by molar-refractivity contribution is -0.122. The minimum atomic E-state index is -0.543. The Labute approximate surface area is 121 Å². The molecule has 4 heteroatoms. The van der Waals surface area contributed by atoms with Crippen molar-refractivity contribution in [2.75, 3.05) is 0 Å². The summed E-state index contributed by atoms with van der Waals surface area (Å²) in [6.45, 7) is 9.47. The SMILES string of the molecule is C=CCC(N)C(=O)NC(C)c1ccc(OC(C)C)cc1. The maximum Gasteiger partial charge on any atom is 0.237 e. The Morgan fingerprint density at radius 2 is 1.95 bits per heavy atom. The maximum atomic E-state index is 11.8. The predicted molar refractivity (Wildman–Crippen MR) is 81.6 cm³/mol. The Morgan fingerprint density at radius 1 is 1.35 bits per heavy atom. The first kappa shape index (κ1) is 16.2. The van der Waals surface area contributed by atoms with Crippen molar-refractivity contribution in [2.24, 2.45) is 5.73 Å². The molecule has 0 saturated heterocycles. The Hall–Kier alpha value is -1.81. The van der Waals surface area contributed by atoms with Gasteiger partial charge in [-0.25, -0.2) is 0 Å². The lowest BCUT2D eigenvalue weighted by Crippen LogP contribution is -2.41. The normalized spacial score (nSPS) is 13.7. The Morgan fingerprint density at radius 3 is 2.45 bits per heavy atom. The fraction of sp³-hybridized carbons (Fsp3) is 0.438. The molecule has 1 aromatic rings. The van der Waals surface area contributed by atoms with E-state index in [0.717, 1.165) is 11.3 Å². The van der Waals surface area contributed by atoms with Gasteiger partial charge in [-0.2, -0.15) is 0 Å². The first-order valence-corrected chi connectivity index (χ1v) is 6.87. The fourth-order valence-electron chi connectivity index (χ4n) is 1.80. The zero-order valence-corrected chi connectivity index (χ0v) is 12.4. The average Bonchev–Trinajstić information content (AvgIpc) is 2.39. The van der Waals surface area contributed by atoms with Crippen LogP contribution in [0.25, 0.3) is 0 Å². The van der Waals surface area contributed by atoms with Crippen molar-refractivity contribution < 1.29 is 9.53 Å². The van der Waals surface area contributed by atoms with Crippen LogP contribution in [0.2, 0.25) is 0 Å². The molecule has 2 unspecified atom stereocenters. The van der Waals surface area contributed by atoms with Crippen molar-refractivity contribution in [1.82, 2.24) is 5.32 Å². The smallest absolute Gasteiger partial charge is 0.237 e. The van der Waals surface area contributed by atoms with Gasteiger partial charge >= 0.3 is 0 Å². The number of benzene rings is 1. The molecule has 0 aromatic heterocycles. The second kappa shape index (κ2) is 7.70. The van der Waals surface area contributed by atoms with Crippen LogP contribution in [0.5, 0.6) is 5.75 Å². The highest BCUT2D eigenvalue weighted by Gasteiger charge is 2.15. The van der Waals surface area contributed by atoms with Gasteiger partial charge in [0.05, 0.1) is 18.2 Å². The summed E-state index contributed by atoms with van der Waals surface area (Å²) in [5, 5.41) is 2.89. The van der Waals surface area contributed by atoms with E-state index in [1.165, 1.54) is 0 Å². The molecule has 110 valence electrons. The highest BCUT2D eigenvalue weighted by molar-refractivity contribution is 5.82. The number of carbonyl (C=O) groups is 1. The van der Waals surface area contributed by atoms with Crippen LogP contribution in [0.4, 0.5) is 0 Å². The molecule has 1 aromatic carbocycles. The molecule has 0 bridgehead atoms. The van der Waals surface area contributed by atoms with Gasteiger partial charge in [0.1, 0.15) is 5.75 Å². The van der Waals surface area contributed by atoms with E-state index in [-0.39, 0.29) is 18.1 Å². The van der Waals surface area contributed by atoms with Crippen LogP contribution in [0.1, 0.15) is 38.8 Å². The van der Waals surface area contributed by atoms with Crippen molar-refractivity contribution in [3.8, 4) is 5.75 Å². The molecule has 0 radical (unpaired) electrons. The van der Waals surface area contributed by atoms with Crippen molar-refractivity contribution >= 4 is 5.91 Å². The third-order valence-electron chi connectivity index (χ3n) is 2.87. The maximum absolute atomic E-state index is 11.8. The van der Waals surface area contributed by atoms with Crippen LogP contribution in [0.15, 0.2) is 36.9 Å². The topological polar surface area (TPSA) is 64.4 Å². The van der Waals surface area contributed by atoms with E-state index in [1.807, 2.05) is 45.0 Å². The van der Waals surface area contributed by atoms with Crippen molar-refractivity contribution in [3.05, 3.63) is 42.5 Å². The summed E-state index contributed by atoms with van der Waals surface area (Å²) in [6.07, 6.45) is 2.27. The van der Waals surface area contributed by atoms with Crippen LogP contribution in [-0.4, -0.2) is 18.1 Å². The van der Waals surface area contributed by atoms with Gasteiger partial charge in [0.25, 0.3) is 0 Å². The fourth-order valence-corrected chi connectivity index (χ4v) is 1.80. The van der Waals surface area contributed by atoms with E-state index < -0.39 is 6.04 Å². The van der Waals surface area contributed by atoms with Gasteiger partial charge < -0.3 is 15.8 Å². The van der Waals surface area contributed by atoms with Crippen LogP contribution < -0.4 is 15.8 Å². The monoisotopic (exact) mass is 276 g/mol. The molecule has 1 rings (SSSR count). The number of nitrogens with one attached hydrogen (secondary N) is 1. The largest absolute Gasteiger partial charge is 0.491 e. The quantitative estimate of drug-likeness (QED) is 0.752. The number of nitrogens with two attached hydrogens (primary N) is 1. The van der Waals surface area contributed by atoms with Crippen LogP contribution in [-0.2, 0) is 4.79 Å². The molecule has 0 aliphatic carbocycles. The van der Waals surface area contributed by atoms with E-state index in [4.69, 9.17) is 10.5 Å².